The van der Waals surface area contributed by atoms with E-state index in [1.165, 1.54) is 0 Å². The molecule has 0 amide bonds. The van der Waals surface area contributed by atoms with Crippen molar-refractivity contribution in [3.8, 4) is 5.75 Å². The van der Waals surface area contributed by atoms with E-state index in [1.54, 1.807) is 7.11 Å². The van der Waals surface area contributed by atoms with E-state index in [9.17, 15) is 4.79 Å². The van der Waals surface area contributed by atoms with Crippen LogP contribution in [0.15, 0.2) is 36.4 Å². The third kappa shape index (κ3) is 2.29. The van der Waals surface area contributed by atoms with Crippen LogP contribution in [-0.2, 0) is 0 Å². The molecule has 3 heteroatoms. The van der Waals surface area contributed by atoms with Crippen LogP contribution < -0.4 is 10.1 Å². The van der Waals surface area contributed by atoms with Crippen LogP contribution in [0.25, 0.3) is 0 Å². The molecule has 0 spiro atoms. The molecule has 0 radical (unpaired) electrons. The molecule has 2 aromatic rings. The number of Topliss-reactive ketones (excluding diaryl/α,β-unsaturated/α-hetero) is 1. The number of ether oxygens (including phenoxy) is 1. The molecule has 1 unspecified atom stereocenters. The monoisotopic (exact) mass is 281 g/mol. The predicted molar refractivity (Wildman–Crippen MR) is 84.5 cm³/mol. The van der Waals surface area contributed by atoms with Gasteiger partial charge in [0.2, 0.25) is 0 Å². The largest absolute Gasteiger partial charge is 0.496 e. The first-order chi connectivity index (χ1) is 10.1. The fourth-order valence-electron chi connectivity index (χ4n) is 3.10. The number of rotatable bonds is 3. The Morgan fingerprint density at radius 1 is 1.24 bits per heavy atom. The van der Waals surface area contributed by atoms with Crippen molar-refractivity contribution < 1.29 is 9.53 Å². The van der Waals surface area contributed by atoms with Crippen LogP contribution in [0.2, 0.25) is 0 Å². The van der Waals surface area contributed by atoms with Crippen molar-refractivity contribution in [3.63, 3.8) is 0 Å². The summed E-state index contributed by atoms with van der Waals surface area (Å²) in [6.45, 7) is 4.63. The van der Waals surface area contributed by atoms with Gasteiger partial charge in [0.05, 0.1) is 18.6 Å². The Labute approximate surface area is 124 Å². The lowest BCUT2D eigenvalue weighted by Crippen LogP contribution is -2.17. The number of fused-ring (bicyclic) bond motifs is 1. The van der Waals surface area contributed by atoms with Crippen LogP contribution in [0, 0.1) is 13.8 Å². The first-order valence-electron chi connectivity index (χ1n) is 7.14. The van der Waals surface area contributed by atoms with Crippen LogP contribution in [-0.4, -0.2) is 19.4 Å². The zero-order chi connectivity index (χ0) is 15.0. The Morgan fingerprint density at radius 3 is 2.76 bits per heavy atom. The smallest absolute Gasteiger partial charge is 0.176 e. The van der Waals surface area contributed by atoms with Gasteiger partial charge < -0.3 is 10.1 Å². The molecule has 0 saturated carbocycles. The number of aryl methyl sites for hydroxylation is 2. The molecule has 108 valence electrons. The number of hydrogen-bond donors (Lipinski definition) is 1. The molecule has 0 bridgehead atoms. The van der Waals surface area contributed by atoms with E-state index in [1.807, 2.05) is 50.2 Å². The second-order valence-electron chi connectivity index (χ2n) is 5.54. The molecule has 1 aliphatic heterocycles. The summed E-state index contributed by atoms with van der Waals surface area (Å²) in [4.78, 5) is 13.0. The molecule has 2 aromatic carbocycles. The van der Waals surface area contributed by atoms with E-state index in [4.69, 9.17) is 4.74 Å². The van der Waals surface area contributed by atoms with Crippen LogP contribution in [0.1, 0.15) is 33.0 Å². The number of ketones is 1. The number of benzene rings is 2. The Bertz CT molecular complexity index is 706. The number of nitrogens with one attached hydrogen (secondary N) is 1. The van der Waals surface area contributed by atoms with Crippen LogP contribution in [0.5, 0.6) is 5.75 Å². The number of para-hydroxylation sites is 1. The number of methoxy groups -OCH3 is 1. The average Bonchev–Trinajstić information content (AvgIpc) is 2.89. The van der Waals surface area contributed by atoms with E-state index in [0.29, 0.717) is 17.9 Å². The van der Waals surface area contributed by atoms with Gasteiger partial charge in [-0.1, -0.05) is 24.3 Å². The molecule has 3 nitrogen and oxygen atoms in total. The van der Waals surface area contributed by atoms with Gasteiger partial charge in [-0.15, -0.1) is 0 Å². The molecule has 1 heterocycles. The van der Waals surface area contributed by atoms with Gasteiger partial charge in [0.1, 0.15) is 5.75 Å². The molecular formula is C18H19NO2. The molecule has 0 saturated heterocycles. The van der Waals surface area contributed by atoms with Crippen molar-refractivity contribution in [1.82, 2.24) is 0 Å². The summed E-state index contributed by atoms with van der Waals surface area (Å²) in [6.07, 6.45) is 0. The third-order valence-corrected chi connectivity index (χ3v) is 4.06. The van der Waals surface area contributed by atoms with Gasteiger partial charge in [-0.3, -0.25) is 4.79 Å². The number of carbonyl (C=O) groups is 1. The molecule has 0 aromatic heterocycles. The van der Waals surface area contributed by atoms with Gasteiger partial charge in [-0.2, -0.15) is 0 Å². The highest BCUT2D eigenvalue weighted by atomic mass is 16.5. The topological polar surface area (TPSA) is 38.3 Å². The standard InChI is InChI=1S/C18H19NO2/c1-11-8-12(2)17(16(9-11)21-3)18(20)14-10-19-15-7-5-4-6-13(14)15/h4-9,14,19H,10H2,1-3H3. The number of anilines is 1. The molecule has 0 fully saturated rings. The van der Waals surface area contributed by atoms with E-state index >= 15 is 0 Å². The minimum Gasteiger partial charge on any atom is -0.496 e. The Kier molecular flexibility index (Phi) is 3.42. The first kappa shape index (κ1) is 13.7. The van der Waals surface area contributed by atoms with Crippen molar-refractivity contribution in [2.45, 2.75) is 19.8 Å². The Hall–Kier alpha value is -2.29. The van der Waals surface area contributed by atoms with Crippen molar-refractivity contribution >= 4 is 11.5 Å². The van der Waals surface area contributed by atoms with Crippen molar-refractivity contribution in [1.29, 1.82) is 0 Å². The van der Waals surface area contributed by atoms with E-state index in [2.05, 4.69) is 5.32 Å². The minimum absolute atomic E-state index is 0.127. The third-order valence-electron chi connectivity index (χ3n) is 4.06. The first-order valence-corrected chi connectivity index (χ1v) is 7.14. The maximum Gasteiger partial charge on any atom is 0.176 e. The second-order valence-corrected chi connectivity index (χ2v) is 5.54. The van der Waals surface area contributed by atoms with E-state index < -0.39 is 0 Å². The normalized spacial score (nSPS) is 16.2. The van der Waals surface area contributed by atoms with Gasteiger partial charge >= 0.3 is 0 Å². The highest BCUT2D eigenvalue weighted by Crippen LogP contribution is 2.36. The zero-order valence-electron chi connectivity index (χ0n) is 12.6. The molecule has 21 heavy (non-hydrogen) atoms. The molecule has 1 N–H and O–H groups in total. The number of hydrogen-bond acceptors (Lipinski definition) is 3. The fraction of sp³-hybridized carbons (Fsp3) is 0.278. The molecule has 0 aliphatic carbocycles. The van der Waals surface area contributed by atoms with Crippen molar-refractivity contribution in [2.75, 3.05) is 19.0 Å². The zero-order valence-corrected chi connectivity index (χ0v) is 12.6. The summed E-state index contributed by atoms with van der Waals surface area (Å²) in [5.74, 6) is 0.653. The molecule has 3 rings (SSSR count). The summed E-state index contributed by atoms with van der Waals surface area (Å²) in [5.41, 5.74) is 4.91. The van der Waals surface area contributed by atoms with Gasteiger partial charge in [-0.05, 0) is 42.7 Å². The second kappa shape index (κ2) is 5.24. The van der Waals surface area contributed by atoms with Gasteiger partial charge in [0.15, 0.2) is 5.78 Å². The lowest BCUT2D eigenvalue weighted by Gasteiger charge is -2.15. The average molecular weight is 281 g/mol. The lowest BCUT2D eigenvalue weighted by atomic mass is 9.89. The van der Waals surface area contributed by atoms with Gasteiger partial charge in [0, 0.05) is 12.2 Å². The quantitative estimate of drug-likeness (QED) is 0.872. The number of carbonyl (C=O) groups excluding carboxylic acids is 1. The summed E-state index contributed by atoms with van der Waals surface area (Å²) < 4.78 is 5.43. The highest BCUT2D eigenvalue weighted by molar-refractivity contribution is 6.06. The summed E-state index contributed by atoms with van der Waals surface area (Å²) in [7, 11) is 1.62. The lowest BCUT2D eigenvalue weighted by molar-refractivity contribution is 0.0963. The fourth-order valence-corrected chi connectivity index (χ4v) is 3.10. The van der Waals surface area contributed by atoms with Crippen molar-refractivity contribution in [3.05, 3.63) is 58.7 Å². The van der Waals surface area contributed by atoms with Crippen LogP contribution in [0.3, 0.4) is 0 Å². The minimum atomic E-state index is -0.142. The Morgan fingerprint density at radius 2 is 2.00 bits per heavy atom. The SMILES string of the molecule is COc1cc(C)cc(C)c1C(=O)C1CNc2ccccc21. The highest BCUT2D eigenvalue weighted by Gasteiger charge is 2.31. The van der Waals surface area contributed by atoms with Gasteiger partial charge in [-0.25, -0.2) is 0 Å². The van der Waals surface area contributed by atoms with Gasteiger partial charge in [0.25, 0.3) is 0 Å². The Balaban J connectivity index is 2.05. The predicted octanol–water partition coefficient (Wildman–Crippen LogP) is 3.70. The molecule has 1 atom stereocenters. The van der Waals surface area contributed by atoms with E-state index in [-0.39, 0.29) is 11.7 Å². The summed E-state index contributed by atoms with van der Waals surface area (Å²) in [6, 6.07) is 12.0. The maximum absolute atomic E-state index is 13.0. The van der Waals surface area contributed by atoms with E-state index in [0.717, 1.165) is 22.4 Å². The molecule has 1 aliphatic rings. The van der Waals surface area contributed by atoms with Crippen molar-refractivity contribution in [2.24, 2.45) is 0 Å². The molecular weight excluding hydrogens is 262 g/mol. The summed E-state index contributed by atoms with van der Waals surface area (Å²) in [5, 5.41) is 3.31. The van der Waals surface area contributed by atoms with Crippen LogP contribution in [0.4, 0.5) is 5.69 Å². The van der Waals surface area contributed by atoms with Crippen LogP contribution >= 0.6 is 0 Å². The maximum atomic E-state index is 13.0. The summed E-state index contributed by atoms with van der Waals surface area (Å²) >= 11 is 0.